The summed E-state index contributed by atoms with van der Waals surface area (Å²) < 4.78 is 140. The van der Waals surface area contributed by atoms with Crippen molar-refractivity contribution in [1.29, 1.82) is 0 Å². The van der Waals surface area contributed by atoms with E-state index in [9.17, 15) is 59.5 Å². The van der Waals surface area contributed by atoms with Gasteiger partial charge in [0.2, 0.25) is 0 Å². The predicted molar refractivity (Wildman–Crippen MR) is 354 cm³/mol. The zero-order chi connectivity index (χ0) is 77.5. The number of pyridine rings is 6. The normalized spacial score (nSPS) is 11.0. The van der Waals surface area contributed by atoms with Gasteiger partial charge in [-0.15, -0.1) is 0 Å². The molecule has 0 amide bonds. The number of aromatic carboxylic acids is 2. The Morgan fingerprint density at radius 2 is 0.772 bits per heavy atom. The zero-order valence-electron chi connectivity index (χ0n) is 56.0. The van der Waals surface area contributed by atoms with Crippen molar-refractivity contribution in [3.63, 3.8) is 0 Å². The molecule has 0 aliphatic heterocycles. The smallest absolute Gasteiger partial charge is 0.360 e. The lowest BCUT2D eigenvalue weighted by Gasteiger charge is -2.14. The van der Waals surface area contributed by atoms with Gasteiger partial charge in [-0.3, -0.25) is 0 Å². The molecule has 101 heavy (non-hydrogen) atoms. The van der Waals surface area contributed by atoms with Gasteiger partial charge in [0.1, 0.15) is 35.1 Å². The summed E-state index contributed by atoms with van der Waals surface area (Å²) in [6.45, 7) is 7.35. The molecule has 0 aliphatic rings. The number of benzene rings is 1. The van der Waals surface area contributed by atoms with Crippen LogP contribution in [-0.2, 0) is 30.8 Å². The van der Waals surface area contributed by atoms with Gasteiger partial charge in [-0.25, -0.2) is 71.8 Å². The number of carbonyl (C=O) groups is 6. The SMILES string of the molecule is C=Cc1cc(N)c(OC)c(C(=O)OC)n1.COC(=O)c1nc(-c2ccc(Cl)c(Cl)c2)c(F)c(N)c1OC.COC(=O)c1nc(C(C)(F)F)cc(N)c1OC.COC(=O)c1nc(C(C)F)cc(N)c1OC.COc1c(N)cc(C(C)(F)F)nc1C(=O)O.COc1c(N)cc(C(C)F)nc1C(=O)O. The number of rotatable bonds is 18. The number of nitrogens with zero attached hydrogens (tertiary/aromatic N) is 6. The number of carbonyl (C=O) groups excluding carboxylic acids is 4. The van der Waals surface area contributed by atoms with E-state index in [1.54, 1.807) is 6.07 Å². The van der Waals surface area contributed by atoms with E-state index in [0.29, 0.717) is 35.8 Å². The molecule has 0 fully saturated rings. The molecule has 1 aromatic carbocycles. The van der Waals surface area contributed by atoms with Crippen molar-refractivity contribution < 1.29 is 117 Å². The van der Waals surface area contributed by atoms with E-state index in [2.05, 4.69) is 55.4 Å². The number of nitrogens with two attached hydrogens (primary N) is 6. The highest BCUT2D eigenvalue weighted by molar-refractivity contribution is 6.42. The van der Waals surface area contributed by atoms with Gasteiger partial charge in [-0.05, 0) is 62.4 Å². The van der Waals surface area contributed by atoms with Crippen molar-refractivity contribution >= 4 is 99.2 Å². The number of nitrogen functional groups attached to an aromatic ring is 6. The summed E-state index contributed by atoms with van der Waals surface area (Å²) in [5.41, 5.74) is 31.0. The van der Waals surface area contributed by atoms with Crippen LogP contribution in [0.1, 0.15) is 131 Å². The number of carboxylic acid groups (broad SMARTS) is 2. The highest BCUT2D eigenvalue weighted by Gasteiger charge is 2.33. The number of esters is 4. The largest absolute Gasteiger partial charge is 0.492 e. The Balaban J connectivity index is 0.000000414. The molecule has 0 radical (unpaired) electrons. The van der Waals surface area contributed by atoms with Crippen LogP contribution < -0.4 is 62.8 Å². The van der Waals surface area contributed by atoms with Gasteiger partial charge in [0.25, 0.3) is 11.8 Å². The van der Waals surface area contributed by atoms with Crippen molar-refractivity contribution in [1.82, 2.24) is 29.9 Å². The molecule has 0 aliphatic carbocycles. The highest BCUT2D eigenvalue weighted by Crippen LogP contribution is 2.39. The van der Waals surface area contributed by atoms with Gasteiger partial charge in [0.15, 0.2) is 74.5 Å². The van der Waals surface area contributed by atoms with E-state index in [1.165, 1.54) is 114 Å². The monoisotopic (exact) mass is 1470 g/mol. The van der Waals surface area contributed by atoms with E-state index in [4.69, 9.17) is 96.2 Å². The maximum absolute atomic E-state index is 14.4. The standard InChI is InChI=1S/C14H11Cl2FN2O3.C10H12F2N2O3.C10H13FN2O3.C10H12N2O3.C9H10F2N2O3.C9H11FN2O3/c1-21-13-10(18)9(17)11(19-12(13)14(20)22-2)6-3-4-7(15)8(16)5-6;1-10(11,12)6-4-5(13)8(16-2)7(14-6)9(15)17-3;1-5(11)7-4-6(12)9(15-2)8(13-7)10(14)16-3;1-4-6-5-7(11)9(14-2)8(12-6)10(13)15-3;1-9(10,11)5-3-4(12)7(16-2)6(13-5)8(14)15;1-4(10)6-3-5(11)8(15-2)7(12-6)9(13)14/h3-5H,1-2H3,(H2,18,19);4H,1-3H3,(H2,13,14);4-5H,1-3H3,(H2,12,13);4-5H,1H2,2-3H3,(H2,11,12);3H,1-2H3,(H2,12,13)(H,14,15);3-4H,1-2H3,(H2,11,12)(H,13,14). The third-order valence-electron chi connectivity index (χ3n) is 12.5. The molecule has 0 saturated carbocycles. The number of ether oxygens (including phenoxy) is 10. The first kappa shape index (κ1) is 85.5. The topological polar surface area (TPSA) is 469 Å². The molecular weight excluding hydrogens is 1400 g/mol. The van der Waals surface area contributed by atoms with Gasteiger partial charge in [0.05, 0.1) is 127 Å². The summed E-state index contributed by atoms with van der Waals surface area (Å²) >= 11 is 11.7. The van der Waals surface area contributed by atoms with E-state index >= 15 is 0 Å². The predicted octanol–water partition coefficient (Wildman–Crippen LogP) is 10.6. The summed E-state index contributed by atoms with van der Waals surface area (Å²) in [6.07, 6.45) is -1.21. The molecule has 548 valence electrons. The van der Waals surface area contributed by atoms with E-state index < -0.39 is 82.9 Å². The van der Waals surface area contributed by atoms with Crippen molar-refractivity contribution in [2.45, 2.75) is 51.9 Å². The fourth-order valence-electron chi connectivity index (χ4n) is 7.70. The summed E-state index contributed by atoms with van der Waals surface area (Å²) in [7, 11) is 12.5. The first-order valence-corrected chi connectivity index (χ1v) is 28.5. The molecule has 39 heteroatoms. The fourth-order valence-corrected chi connectivity index (χ4v) is 8.00. The third-order valence-corrected chi connectivity index (χ3v) is 13.2. The van der Waals surface area contributed by atoms with Crippen LogP contribution in [0.25, 0.3) is 17.3 Å². The molecule has 14 N–H and O–H groups in total. The molecule has 7 rings (SSSR count). The number of hydrogen-bond donors (Lipinski definition) is 8. The number of halogens is 9. The molecule has 2 atom stereocenters. The number of anilines is 6. The Labute approximate surface area is 580 Å². The first-order chi connectivity index (χ1) is 47.1. The second-order valence-electron chi connectivity index (χ2n) is 19.5. The molecule has 6 aromatic heterocycles. The van der Waals surface area contributed by atoms with Crippen LogP contribution in [0.3, 0.4) is 0 Å². The molecule has 30 nitrogen and oxygen atoms in total. The molecule has 6 heterocycles. The quantitative estimate of drug-likeness (QED) is 0.0225. The van der Waals surface area contributed by atoms with Crippen LogP contribution in [0.4, 0.5) is 64.9 Å². The summed E-state index contributed by atoms with van der Waals surface area (Å²) in [5, 5.41) is 18.1. The number of alkyl halides is 6. The van der Waals surface area contributed by atoms with Gasteiger partial charge in [-0.1, -0.05) is 35.8 Å². The van der Waals surface area contributed by atoms with Crippen LogP contribution >= 0.6 is 23.2 Å². The van der Waals surface area contributed by atoms with E-state index in [1.807, 2.05) is 0 Å². The lowest BCUT2D eigenvalue weighted by atomic mass is 10.1. The average molecular weight is 1470 g/mol. The van der Waals surface area contributed by atoms with Crippen LogP contribution in [0.2, 0.25) is 10.0 Å². The Morgan fingerprint density at radius 1 is 0.465 bits per heavy atom. The Kier molecular flexibility index (Phi) is 32.1. The Morgan fingerprint density at radius 3 is 1.10 bits per heavy atom. The molecular formula is C62H69Cl2F7N12O18. The molecule has 2 unspecified atom stereocenters. The highest BCUT2D eigenvalue weighted by atomic mass is 35.5. The summed E-state index contributed by atoms with van der Waals surface area (Å²) in [6, 6.07) is 10.4. The minimum Gasteiger partial charge on any atom is -0.492 e. The van der Waals surface area contributed by atoms with Crippen molar-refractivity contribution in [3.8, 4) is 45.8 Å². The number of methoxy groups -OCH3 is 10. The number of hydrogen-bond acceptors (Lipinski definition) is 28. The van der Waals surface area contributed by atoms with Gasteiger partial charge in [-0.2, -0.15) is 17.6 Å². The lowest BCUT2D eigenvalue weighted by Crippen LogP contribution is -2.16. The van der Waals surface area contributed by atoms with Crippen LogP contribution in [0, 0.1) is 5.82 Å². The number of carboxylic acids is 2. The van der Waals surface area contributed by atoms with E-state index in [-0.39, 0.29) is 114 Å². The second-order valence-corrected chi connectivity index (χ2v) is 20.3. The van der Waals surface area contributed by atoms with Crippen molar-refractivity contribution in [2.24, 2.45) is 0 Å². The van der Waals surface area contributed by atoms with E-state index in [0.717, 1.165) is 19.2 Å². The first-order valence-electron chi connectivity index (χ1n) is 27.8. The fraction of sp³-hybridized carbons (Fsp3) is 0.290. The van der Waals surface area contributed by atoms with Gasteiger partial charge in [0, 0.05) is 19.4 Å². The molecule has 0 spiro atoms. The Bertz CT molecular complexity index is 4170. The van der Waals surface area contributed by atoms with Crippen LogP contribution in [0.15, 0.2) is 55.1 Å². The molecule has 7 aromatic rings. The second kappa shape index (κ2) is 37.9. The average Bonchev–Trinajstić information content (AvgIpc) is 0.796. The third kappa shape index (κ3) is 22.4. The van der Waals surface area contributed by atoms with Gasteiger partial charge >= 0.3 is 35.8 Å². The maximum Gasteiger partial charge on any atom is 0.360 e. The lowest BCUT2D eigenvalue weighted by molar-refractivity contribution is 0.0117. The van der Waals surface area contributed by atoms with Crippen LogP contribution in [0.5, 0.6) is 34.5 Å². The summed E-state index contributed by atoms with van der Waals surface area (Å²) in [4.78, 5) is 89.7. The molecule has 0 saturated heterocycles. The van der Waals surface area contributed by atoms with Crippen molar-refractivity contribution in [3.05, 3.63) is 134 Å². The van der Waals surface area contributed by atoms with Crippen molar-refractivity contribution in [2.75, 3.05) is 105 Å². The Hall–Kier alpha value is -11.6. The molecule has 0 bridgehead atoms. The zero-order valence-corrected chi connectivity index (χ0v) is 57.5. The minimum absolute atomic E-state index is 0.0225. The number of aromatic nitrogens is 6. The minimum atomic E-state index is -3.26. The van der Waals surface area contributed by atoms with Gasteiger partial charge < -0.3 is 92.0 Å². The summed E-state index contributed by atoms with van der Waals surface area (Å²) in [5.74, 6) is -13.3. The maximum atomic E-state index is 14.4. The van der Waals surface area contributed by atoms with Crippen LogP contribution in [-0.4, -0.2) is 147 Å².